The number of hydrogen-bond donors (Lipinski definition) is 1. The van der Waals surface area contributed by atoms with Crippen molar-refractivity contribution in [1.29, 1.82) is 0 Å². The Bertz CT molecular complexity index is 468. The van der Waals surface area contributed by atoms with Crippen molar-refractivity contribution in [3.8, 4) is 23.8 Å². The van der Waals surface area contributed by atoms with Crippen LogP contribution in [0.4, 0.5) is 0 Å². The molecule has 3 nitrogen and oxygen atoms in total. The first-order chi connectivity index (χ1) is 8.74. The largest absolute Gasteiger partial charge is 0.486 e. The fourth-order valence-corrected chi connectivity index (χ4v) is 2.38. The van der Waals surface area contributed by atoms with Gasteiger partial charge in [-0.1, -0.05) is 5.92 Å². The quantitative estimate of drug-likeness (QED) is 0.667. The fraction of sp³-hybridized carbons (Fsp3) is 0.429. The van der Waals surface area contributed by atoms with E-state index >= 15 is 0 Å². The Morgan fingerprint density at radius 2 is 2.06 bits per heavy atom. The summed E-state index contributed by atoms with van der Waals surface area (Å²) in [6.45, 7) is 3.93. The number of hydrogen-bond acceptors (Lipinski definition) is 4. The summed E-state index contributed by atoms with van der Waals surface area (Å²) in [6, 6.07) is 4.14. The van der Waals surface area contributed by atoms with E-state index < -0.39 is 0 Å². The minimum absolute atomic E-state index is 0.0629. The van der Waals surface area contributed by atoms with Gasteiger partial charge >= 0.3 is 0 Å². The van der Waals surface area contributed by atoms with Crippen LogP contribution in [0.2, 0.25) is 0 Å². The minimum Gasteiger partial charge on any atom is -0.486 e. The van der Waals surface area contributed by atoms with E-state index in [0.717, 1.165) is 18.0 Å². The fourth-order valence-electron chi connectivity index (χ4n) is 1.76. The third-order valence-corrected chi connectivity index (χ3v) is 3.61. The van der Waals surface area contributed by atoms with Gasteiger partial charge in [0.05, 0.1) is 6.04 Å². The summed E-state index contributed by atoms with van der Waals surface area (Å²) in [5.41, 5.74) is 1.19. The Kier molecular flexibility index (Phi) is 4.40. The summed E-state index contributed by atoms with van der Waals surface area (Å²) in [4.78, 5) is 1.19. The SMILES string of the molecule is C#CC(C)NCc1cc2c(cc1SC)OCCO2. The first kappa shape index (κ1) is 13.1. The maximum Gasteiger partial charge on any atom is 0.162 e. The van der Waals surface area contributed by atoms with E-state index in [2.05, 4.69) is 17.5 Å². The first-order valence-corrected chi connectivity index (χ1v) is 7.13. The van der Waals surface area contributed by atoms with Crippen LogP contribution < -0.4 is 14.8 Å². The molecule has 18 heavy (non-hydrogen) atoms. The van der Waals surface area contributed by atoms with Crippen LogP contribution in [0.5, 0.6) is 11.5 Å². The molecule has 1 unspecified atom stereocenters. The number of ether oxygens (including phenoxy) is 2. The zero-order chi connectivity index (χ0) is 13.0. The Morgan fingerprint density at radius 1 is 1.39 bits per heavy atom. The van der Waals surface area contributed by atoms with Crippen LogP contribution in [0.3, 0.4) is 0 Å². The molecule has 4 heteroatoms. The van der Waals surface area contributed by atoms with Gasteiger partial charge in [0, 0.05) is 11.4 Å². The van der Waals surface area contributed by atoms with Gasteiger partial charge in [0.25, 0.3) is 0 Å². The van der Waals surface area contributed by atoms with Crippen molar-refractivity contribution >= 4 is 11.8 Å². The van der Waals surface area contributed by atoms with Gasteiger partial charge in [-0.05, 0) is 30.9 Å². The molecule has 0 aromatic heterocycles. The van der Waals surface area contributed by atoms with Crippen LogP contribution in [0, 0.1) is 12.3 Å². The molecule has 2 rings (SSSR count). The molecule has 0 aliphatic carbocycles. The third-order valence-electron chi connectivity index (χ3n) is 2.79. The van der Waals surface area contributed by atoms with Gasteiger partial charge in [-0.3, -0.25) is 5.32 Å². The number of rotatable bonds is 4. The Hall–Kier alpha value is -1.31. The molecule has 1 aromatic carbocycles. The van der Waals surface area contributed by atoms with Gasteiger partial charge in [0.2, 0.25) is 0 Å². The third kappa shape index (κ3) is 2.92. The van der Waals surface area contributed by atoms with E-state index in [0.29, 0.717) is 13.2 Å². The van der Waals surface area contributed by atoms with Crippen molar-refractivity contribution in [3.05, 3.63) is 17.7 Å². The van der Waals surface area contributed by atoms with Crippen molar-refractivity contribution in [2.75, 3.05) is 19.5 Å². The van der Waals surface area contributed by atoms with Crippen molar-refractivity contribution in [1.82, 2.24) is 5.32 Å². The molecule has 0 amide bonds. The summed E-state index contributed by atoms with van der Waals surface area (Å²) < 4.78 is 11.2. The second kappa shape index (κ2) is 6.03. The number of terminal acetylenes is 1. The smallest absolute Gasteiger partial charge is 0.162 e. The van der Waals surface area contributed by atoms with Gasteiger partial charge in [-0.2, -0.15) is 0 Å². The molecule has 1 N–H and O–H groups in total. The number of benzene rings is 1. The maximum absolute atomic E-state index is 5.59. The number of fused-ring (bicyclic) bond motifs is 1. The molecule has 1 aliphatic rings. The lowest BCUT2D eigenvalue weighted by molar-refractivity contribution is 0.171. The van der Waals surface area contributed by atoms with Crippen LogP contribution in [-0.2, 0) is 6.54 Å². The second-order valence-corrected chi connectivity index (χ2v) is 4.93. The molecule has 0 saturated heterocycles. The summed E-state index contributed by atoms with van der Waals surface area (Å²) in [5.74, 6) is 4.32. The highest BCUT2D eigenvalue weighted by atomic mass is 32.2. The van der Waals surface area contributed by atoms with E-state index in [9.17, 15) is 0 Å². The van der Waals surface area contributed by atoms with Gasteiger partial charge in [-0.15, -0.1) is 18.2 Å². The number of nitrogens with one attached hydrogen (secondary N) is 1. The summed E-state index contributed by atoms with van der Waals surface area (Å²) >= 11 is 1.70. The van der Waals surface area contributed by atoms with Crippen molar-refractivity contribution in [3.63, 3.8) is 0 Å². The standard InChI is InChI=1S/C14H17NO2S/c1-4-10(2)15-9-11-7-12-13(8-14(11)18-3)17-6-5-16-12/h1,7-8,10,15H,5-6,9H2,2-3H3. The van der Waals surface area contributed by atoms with Gasteiger partial charge in [-0.25, -0.2) is 0 Å². The molecule has 1 atom stereocenters. The molecule has 0 spiro atoms. The van der Waals surface area contributed by atoms with E-state index in [4.69, 9.17) is 15.9 Å². The molecular formula is C14H17NO2S. The lowest BCUT2D eigenvalue weighted by Gasteiger charge is -2.21. The molecule has 0 radical (unpaired) electrons. The lowest BCUT2D eigenvalue weighted by Crippen LogP contribution is -2.24. The normalized spacial score (nSPS) is 14.9. The summed E-state index contributed by atoms with van der Waals surface area (Å²) in [6.07, 6.45) is 7.41. The summed E-state index contributed by atoms with van der Waals surface area (Å²) in [7, 11) is 0. The maximum atomic E-state index is 5.59. The second-order valence-electron chi connectivity index (χ2n) is 4.08. The van der Waals surface area contributed by atoms with Crippen molar-refractivity contribution in [2.24, 2.45) is 0 Å². The predicted octanol–water partition coefficient (Wildman–Crippen LogP) is 2.29. The summed E-state index contributed by atoms with van der Waals surface area (Å²) in [5, 5.41) is 3.28. The molecule has 1 heterocycles. The van der Waals surface area contributed by atoms with E-state index in [1.54, 1.807) is 11.8 Å². The zero-order valence-electron chi connectivity index (χ0n) is 10.7. The molecule has 1 aromatic rings. The van der Waals surface area contributed by atoms with Gasteiger partial charge in [0.15, 0.2) is 11.5 Å². The average Bonchev–Trinajstić information content (AvgIpc) is 2.43. The molecule has 96 valence electrons. The van der Waals surface area contributed by atoms with Gasteiger partial charge in [0.1, 0.15) is 13.2 Å². The monoisotopic (exact) mass is 263 g/mol. The van der Waals surface area contributed by atoms with Crippen molar-refractivity contribution < 1.29 is 9.47 Å². The molecular weight excluding hydrogens is 246 g/mol. The van der Waals surface area contributed by atoms with Crippen LogP contribution in [0.15, 0.2) is 17.0 Å². The predicted molar refractivity (Wildman–Crippen MR) is 74.3 cm³/mol. The van der Waals surface area contributed by atoms with Gasteiger partial charge < -0.3 is 9.47 Å². The highest BCUT2D eigenvalue weighted by molar-refractivity contribution is 7.98. The van der Waals surface area contributed by atoms with Crippen LogP contribution in [-0.4, -0.2) is 25.5 Å². The van der Waals surface area contributed by atoms with E-state index in [1.807, 2.05) is 19.1 Å². The Balaban J connectivity index is 2.20. The Labute approximate surface area is 112 Å². The average molecular weight is 263 g/mol. The first-order valence-electron chi connectivity index (χ1n) is 5.90. The topological polar surface area (TPSA) is 30.5 Å². The molecule has 0 bridgehead atoms. The zero-order valence-corrected chi connectivity index (χ0v) is 11.5. The number of thioether (sulfide) groups is 1. The Morgan fingerprint density at radius 3 is 2.67 bits per heavy atom. The van der Waals surface area contributed by atoms with Crippen LogP contribution in [0.25, 0.3) is 0 Å². The highest BCUT2D eigenvalue weighted by Gasteiger charge is 2.15. The van der Waals surface area contributed by atoms with Crippen LogP contribution in [0.1, 0.15) is 12.5 Å². The van der Waals surface area contributed by atoms with E-state index in [1.165, 1.54) is 10.5 Å². The lowest BCUT2D eigenvalue weighted by atomic mass is 10.1. The van der Waals surface area contributed by atoms with E-state index in [-0.39, 0.29) is 6.04 Å². The van der Waals surface area contributed by atoms with Crippen LogP contribution >= 0.6 is 11.8 Å². The molecule has 0 fully saturated rings. The van der Waals surface area contributed by atoms with Crippen molar-refractivity contribution in [2.45, 2.75) is 24.4 Å². The molecule has 1 aliphatic heterocycles. The minimum atomic E-state index is 0.0629. The highest BCUT2D eigenvalue weighted by Crippen LogP contribution is 2.36. The molecule has 0 saturated carbocycles.